The van der Waals surface area contributed by atoms with Crippen LogP contribution in [0.4, 0.5) is 11.4 Å². The number of carbonyl (C=O) groups is 2. The van der Waals surface area contributed by atoms with Crippen molar-refractivity contribution in [3.05, 3.63) is 51.5 Å². The van der Waals surface area contributed by atoms with E-state index in [1.54, 1.807) is 36.4 Å². The van der Waals surface area contributed by atoms with Crippen LogP contribution in [-0.4, -0.2) is 18.4 Å². The van der Waals surface area contributed by atoms with Gasteiger partial charge in [-0.3, -0.25) is 9.59 Å². The monoisotopic (exact) mass is 380 g/mol. The van der Waals surface area contributed by atoms with Crippen LogP contribution in [0.15, 0.2) is 40.9 Å². The van der Waals surface area contributed by atoms with Gasteiger partial charge in [0.1, 0.15) is 0 Å². The van der Waals surface area contributed by atoms with Gasteiger partial charge in [-0.15, -0.1) is 0 Å². The lowest BCUT2D eigenvalue weighted by atomic mass is 10.2. The molecule has 2 amide bonds. The second-order valence-corrected chi connectivity index (χ2v) is 5.86. The molecule has 3 rings (SSSR count). The van der Waals surface area contributed by atoms with Crippen LogP contribution in [0.2, 0.25) is 5.02 Å². The number of anilines is 2. The number of hydrogen-bond acceptors (Lipinski definition) is 3. The Morgan fingerprint density at radius 1 is 1.32 bits per heavy atom. The molecule has 2 aromatic rings. The lowest BCUT2D eigenvalue weighted by Crippen LogP contribution is -2.26. The number of carbonyl (C=O) groups excluding carboxylic acids is 2. The van der Waals surface area contributed by atoms with E-state index in [4.69, 9.17) is 16.3 Å². The molecule has 0 unspecified atom stereocenters. The van der Waals surface area contributed by atoms with Crippen molar-refractivity contribution in [2.45, 2.75) is 0 Å². The summed E-state index contributed by atoms with van der Waals surface area (Å²) >= 11 is 9.20. The first-order valence-electron chi connectivity index (χ1n) is 6.36. The fraction of sp³-hybridized carbons (Fsp3) is 0.0667. The SMILES string of the molecule is O=C1COc2c(cccc2NC(=O)c2ccc(Cl)c(Br)c2)N1. The summed E-state index contributed by atoms with van der Waals surface area (Å²) in [5, 5.41) is 5.99. The van der Waals surface area contributed by atoms with Crippen molar-refractivity contribution in [3.63, 3.8) is 0 Å². The molecule has 0 saturated carbocycles. The highest BCUT2D eigenvalue weighted by molar-refractivity contribution is 9.10. The van der Waals surface area contributed by atoms with Gasteiger partial charge >= 0.3 is 0 Å². The first kappa shape index (κ1) is 14.9. The smallest absolute Gasteiger partial charge is 0.262 e. The normalized spacial score (nSPS) is 12.9. The average molecular weight is 382 g/mol. The summed E-state index contributed by atoms with van der Waals surface area (Å²) < 4.78 is 6.03. The third kappa shape index (κ3) is 2.93. The van der Waals surface area contributed by atoms with Crippen molar-refractivity contribution >= 4 is 50.7 Å². The van der Waals surface area contributed by atoms with E-state index >= 15 is 0 Å². The van der Waals surface area contributed by atoms with E-state index in [1.165, 1.54) is 0 Å². The number of nitrogens with one attached hydrogen (secondary N) is 2. The van der Waals surface area contributed by atoms with Crippen LogP contribution < -0.4 is 15.4 Å². The summed E-state index contributed by atoms with van der Waals surface area (Å²) in [6.45, 7) is -0.0770. The lowest BCUT2D eigenvalue weighted by Gasteiger charge is -2.20. The number of halogens is 2. The maximum absolute atomic E-state index is 12.3. The van der Waals surface area contributed by atoms with Crippen LogP contribution in [0, 0.1) is 0 Å². The molecule has 0 radical (unpaired) electrons. The Bertz CT molecular complexity index is 779. The van der Waals surface area contributed by atoms with Gasteiger partial charge in [0, 0.05) is 10.0 Å². The average Bonchev–Trinajstić information content (AvgIpc) is 2.50. The molecule has 0 atom stereocenters. The van der Waals surface area contributed by atoms with Crippen molar-refractivity contribution in [1.82, 2.24) is 0 Å². The van der Waals surface area contributed by atoms with E-state index in [-0.39, 0.29) is 18.4 Å². The molecule has 5 nitrogen and oxygen atoms in total. The molecule has 0 aliphatic carbocycles. The van der Waals surface area contributed by atoms with Gasteiger partial charge in [-0.05, 0) is 46.3 Å². The van der Waals surface area contributed by atoms with Gasteiger partial charge in [0.25, 0.3) is 11.8 Å². The molecular formula is C15H10BrClN2O3. The van der Waals surface area contributed by atoms with E-state index in [2.05, 4.69) is 26.6 Å². The number of amides is 2. The molecule has 1 aliphatic heterocycles. The minimum absolute atomic E-state index is 0.0770. The van der Waals surface area contributed by atoms with Crippen LogP contribution in [0.5, 0.6) is 5.75 Å². The zero-order valence-electron chi connectivity index (χ0n) is 11.2. The third-order valence-electron chi connectivity index (χ3n) is 3.07. The number of benzene rings is 2. The Morgan fingerprint density at radius 2 is 2.14 bits per heavy atom. The zero-order valence-corrected chi connectivity index (χ0v) is 13.5. The fourth-order valence-corrected chi connectivity index (χ4v) is 2.54. The highest BCUT2D eigenvalue weighted by Gasteiger charge is 2.20. The van der Waals surface area contributed by atoms with Gasteiger partial charge in [0.2, 0.25) is 0 Å². The van der Waals surface area contributed by atoms with Gasteiger partial charge in [-0.25, -0.2) is 0 Å². The van der Waals surface area contributed by atoms with Crippen molar-refractivity contribution in [2.24, 2.45) is 0 Å². The van der Waals surface area contributed by atoms with E-state index in [0.717, 1.165) is 0 Å². The number of hydrogen-bond donors (Lipinski definition) is 2. The number of para-hydroxylation sites is 1. The predicted octanol–water partition coefficient (Wildman–Crippen LogP) is 3.69. The fourth-order valence-electron chi connectivity index (χ4n) is 2.05. The second kappa shape index (κ2) is 5.98. The Kier molecular flexibility index (Phi) is 4.04. The largest absolute Gasteiger partial charge is 0.479 e. The first-order chi connectivity index (χ1) is 10.5. The van der Waals surface area contributed by atoms with Gasteiger partial charge in [-0.2, -0.15) is 0 Å². The minimum atomic E-state index is -0.300. The third-order valence-corrected chi connectivity index (χ3v) is 4.28. The second-order valence-electron chi connectivity index (χ2n) is 4.60. The van der Waals surface area contributed by atoms with Gasteiger partial charge < -0.3 is 15.4 Å². The standard InChI is InChI=1S/C15H10BrClN2O3/c16-9-6-8(4-5-10(9)17)15(21)19-12-3-1-2-11-14(12)22-7-13(20)18-11/h1-6H,7H2,(H,18,20)(H,19,21). The van der Waals surface area contributed by atoms with Gasteiger partial charge in [0.15, 0.2) is 12.4 Å². The van der Waals surface area contributed by atoms with Crippen LogP contribution in [-0.2, 0) is 4.79 Å². The Morgan fingerprint density at radius 3 is 2.91 bits per heavy atom. The maximum Gasteiger partial charge on any atom is 0.262 e. The summed E-state index contributed by atoms with van der Waals surface area (Å²) in [7, 11) is 0. The molecule has 1 heterocycles. The number of fused-ring (bicyclic) bond motifs is 1. The molecule has 2 aromatic carbocycles. The van der Waals surface area contributed by atoms with E-state index in [9.17, 15) is 9.59 Å². The van der Waals surface area contributed by atoms with Crippen molar-refractivity contribution in [3.8, 4) is 5.75 Å². The van der Waals surface area contributed by atoms with E-state index < -0.39 is 0 Å². The van der Waals surface area contributed by atoms with Crippen molar-refractivity contribution < 1.29 is 14.3 Å². The summed E-state index contributed by atoms with van der Waals surface area (Å²) in [5.41, 5.74) is 1.48. The molecule has 0 bridgehead atoms. The summed E-state index contributed by atoms with van der Waals surface area (Å²) in [6.07, 6.45) is 0. The van der Waals surface area contributed by atoms with Crippen LogP contribution in [0.3, 0.4) is 0 Å². The molecule has 22 heavy (non-hydrogen) atoms. The van der Waals surface area contributed by atoms with Crippen LogP contribution in [0.25, 0.3) is 0 Å². The molecule has 7 heteroatoms. The lowest BCUT2D eigenvalue weighted by molar-refractivity contribution is -0.118. The minimum Gasteiger partial charge on any atom is -0.479 e. The summed E-state index contributed by atoms with van der Waals surface area (Å²) in [4.78, 5) is 23.6. The molecule has 0 fully saturated rings. The zero-order chi connectivity index (χ0) is 15.7. The van der Waals surface area contributed by atoms with Crippen LogP contribution >= 0.6 is 27.5 Å². The molecule has 0 aromatic heterocycles. The number of ether oxygens (including phenoxy) is 1. The van der Waals surface area contributed by atoms with Crippen molar-refractivity contribution in [2.75, 3.05) is 17.2 Å². The molecule has 2 N–H and O–H groups in total. The highest BCUT2D eigenvalue weighted by Crippen LogP contribution is 2.35. The Hall–Kier alpha value is -2.05. The summed E-state index contributed by atoms with van der Waals surface area (Å²) in [5.74, 6) is -0.0765. The Balaban J connectivity index is 1.87. The number of rotatable bonds is 2. The molecule has 1 aliphatic rings. The topological polar surface area (TPSA) is 67.4 Å². The van der Waals surface area contributed by atoms with E-state index in [1.807, 2.05) is 0 Å². The van der Waals surface area contributed by atoms with Gasteiger partial charge in [-0.1, -0.05) is 17.7 Å². The van der Waals surface area contributed by atoms with Crippen molar-refractivity contribution in [1.29, 1.82) is 0 Å². The highest BCUT2D eigenvalue weighted by atomic mass is 79.9. The Labute approximate surface area is 139 Å². The molecule has 112 valence electrons. The first-order valence-corrected chi connectivity index (χ1v) is 7.54. The molecule has 0 spiro atoms. The van der Waals surface area contributed by atoms with E-state index in [0.29, 0.717) is 32.2 Å². The molecule has 0 saturated heterocycles. The molecular weight excluding hydrogens is 372 g/mol. The maximum atomic E-state index is 12.3. The predicted molar refractivity (Wildman–Crippen MR) is 87.7 cm³/mol. The van der Waals surface area contributed by atoms with Gasteiger partial charge in [0.05, 0.1) is 16.4 Å². The quantitative estimate of drug-likeness (QED) is 0.834. The summed E-state index contributed by atoms with van der Waals surface area (Å²) in [6, 6.07) is 10.0. The van der Waals surface area contributed by atoms with Crippen LogP contribution in [0.1, 0.15) is 10.4 Å².